The summed E-state index contributed by atoms with van der Waals surface area (Å²) in [4.78, 5) is 0. The maximum Gasteiger partial charge on any atom is 0.144 e. The van der Waals surface area contributed by atoms with E-state index in [2.05, 4.69) is 15.9 Å². The van der Waals surface area contributed by atoms with Gasteiger partial charge in [-0.15, -0.1) is 0 Å². The van der Waals surface area contributed by atoms with Crippen LogP contribution in [0.1, 0.15) is 11.1 Å². The second-order valence-corrected chi connectivity index (χ2v) is 4.84. The van der Waals surface area contributed by atoms with Crippen LogP contribution in [0.4, 0.5) is 4.39 Å². The quantitative estimate of drug-likeness (QED) is 0.924. The number of benzene rings is 2. The molecule has 0 heterocycles. The van der Waals surface area contributed by atoms with Crippen molar-refractivity contribution >= 4 is 15.9 Å². The molecule has 0 spiro atoms. The van der Waals surface area contributed by atoms with Crippen LogP contribution in [0, 0.1) is 12.7 Å². The van der Waals surface area contributed by atoms with Gasteiger partial charge in [0.05, 0.1) is 4.47 Å². The van der Waals surface area contributed by atoms with Gasteiger partial charge in [-0.25, -0.2) is 4.39 Å². The van der Waals surface area contributed by atoms with Crippen LogP contribution >= 0.6 is 15.9 Å². The van der Waals surface area contributed by atoms with Crippen molar-refractivity contribution in [3.63, 3.8) is 0 Å². The number of hydrogen-bond acceptors (Lipinski definition) is 2. The Morgan fingerprint density at radius 2 is 1.94 bits per heavy atom. The smallest absolute Gasteiger partial charge is 0.144 e. The van der Waals surface area contributed by atoms with E-state index in [1.54, 1.807) is 6.07 Å². The summed E-state index contributed by atoms with van der Waals surface area (Å²) in [5.41, 5.74) is 7.54. The highest BCUT2D eigenvalue weighted by Crippen LogP contribution is 2.32. The number of nitrogens with two attached hydrogens (primary N) is 1. The lowest BCUT2D eigenvalue weighted by molar-refractivity contribution is 0.469. The van der Waals surface area contributed by atoms with Crippen LogP contribution in [0.3, 0.4) is 0 Å². The third-order valence-corrected chi connectivity index (χ3v) is 3.26. The topological polar surface area (TPSA) is 35.2 Å². The largest absolute Gasteiger partial charge is 0.456 e. The van der Waals surface area contributed by atoms with Gasteiger partial charge in [0.25, 0.3) is 0 Å². The third kappa shape index (κ3) is 2.89. The Morgan fingerprint density at radius 3 is 2.67 bits per heavy atom. The Kier molecular flexibility index (Phi) is 3.99. The molecule has 0 aromatic heterocycles. The molecule has 0 unspecified atom stereocenters. The van der Waals surface area contributed by atoms with Crippen molar-refractivity contribution in [2.24, 2.45) is 5.73 Å². The molecule has 0 radical (unpaired) electrons. The highest BCUT2D eigenvalue weighted by atomic mass is 79.9. The van der Waals surface area contributed by atoms with E-state index in [4.69, 9.17) is 10.5 Å². The molecule has 2 N–H and O–H groups in total. The molecule has 0 atom stereocenters. The van der Waals surface area contributed by atoms with Crippen molar-refractivity contribution in [1.82, 2.24) is 0 Å². The molecule has 2 nitrogen and oxygen atoms in total. The number of hydrogen-bond donors (Lipinski definition) is 1. The van der Waals surface area contributed by atoms with Gasteiger partial charge in [0.1, 0.15) is 17.3 Å². The fourth-order valence-electron chi connectivity index (χ4n) is 1.56. The summed E-state index contributed by atoms with van der Waals surface area (Å²) < 4.78 is 19.6. The summed E-state index contributed by atoms with van der Waals surface area (Å²) in [6.07, 6.45) is 0. The van der Waals surface area contributed by atoms with E-state index >= 15 is 0 Å². The van der Waals surface area contributed by atoms with Crippen LogP contribution in [0.2, 0.25) is 0 Å². The molecule has 18 heavy (non-hydrogen) atoms. The zero-order valence-electron chi connectivity index (χ0n) is 9.91. The van der Waals surface area contributed by atoms with Crippen LogP contribution in [-0.4, -0.2) is 0 Å². The normalized spacial score (nSPS) is 10.4. The van der Waals surface area contributed by atoms with Gasteiger partial charge in [0, 0.05) is 12.6 Å². The molecule has 0 saturated heterocycles. The minimum Gasteiger partial charge on any atom is -0.456 e. The van der Waals surface area contributed by atoms with Crippen LogP contribution in [0.25, 0.3) is 0 Å². The van der Waals surface area contributed by atoms with Crippen molar-refractivity contribution in [2.75, 3.05) is 0 Å². The lowest BCUT2D eigenvalue weighted by Gasteiger charge is -2.11. The predicted molar refractivity (Wildman–Crippen MR) is 73.2 cm³/mol. The van der Waals surface area contributed by atoms with Crippen LogP contribution in [-0.2, 0) is 6.54 Å². The maximum atomic E-state index is 13.2. The fraction of sp³-hybridized carbons (Fsp3) is 0.143. The molecule has 0 aliphatic heterocycles. The average molecular weight is 310 g/mol. The van der Waals surface area contributed by atoms with Crippen molar-refractivity contribution in [3.8, 4) is 11.5 Å². The van der Waals surface area contributed by atoms with Gasteiger partial charge in [0.2, 0.25) is 0 Å². The van der Waals surface area contributed by atoms with Gasteiger partial charge in [-0.3, -0.25) is 0 Å². The number of aryl methyl sites for hydroxylation is 1. The Bertz CT molecular complexity index is 572. The summed E-state index contributed by atoms with van der Waals surface area (Å²) in [5.74, 6) is 0.803. The van der Waals surface area contributed by atoms with Crippen LogP contribution in [0.5, 0.6) is 11.5 Å². The molecular formula is C14H13BrFNO. The molecule has 94 valence electrons. The van der Waals surface area contributed by atoms with Crippen LogP contribution in [0.15, 0.2) is 40.9 Å². The number of rotatable bonds is 3. The van der Waals surface area contributed by atoms with Crippen molar-refractivity contribution in [2.45, 2.75) is 13.5 Å². The second-order valence-electron chi connectivity index (χ2n) is 3.98. The molecule has 0 saturated carbocycles. The summed E-state index contributed by atoms with van der Waals surface area (Å²) in [7, 11) is 0. The second kappa shape index (κ2) is 5.50. The minimum absolute atomic E-state index is 0.333. The first kappa shape index (κ1) is 13.1. The maximum absolute atomic E-state index is 13.2. The molecule has 4 heteroatoms. The standard InChI is InChI=1S/C14H13BrFNO/c1-9-2-3-10(8-17)6-13(9)18-14-7-11(16)4-5-12(14)15/h2-7H,8,17H2,1H3. The van der Waals surface area contributed by atoms with Crippen LogP contribution < -0.4 is 10.5 Å². The van der Waals surface area contributed by atoms with Crippen molar-refractivity contribution in [1.29, 1.82) is 0 Å². The van der Waals surface area contributed by atoms with E-state index in [-0.39, 0.29) is 5.82 Å². The first-order valence-corrected chi connectivity index (χ1v) is 6.32. The third-order valence-electron chi connectivity index (χ3n) is 2.60. The molecule has 0 aliphatic rings. The van der Waals surface area contributed by atoms with Gasteiger partial charge in [0.15, 0.2) is 0 Å². The van der Waals surface area contributed by atoms with Gasteiger partial charge in [-0.05, 0) is 52.2 Å². The Hall–Kier alpha value is -1.39. The van der Waals surface area contributed by atoms with Gasteiger partial charge < -0.3 is 10.5 Å². The van der Waals surface area contributed by atoms with Gasteiger partial charge in [-0.1, -0.05) is 12.1 Å². The van der Waals surface area contributed by atoms with Gasteiger partial charge >= 0.3 is 0 Å². The zero-order chi connectivity index (χ0) is 13.1. The zero-order valence-corrected chi connectivity index (χ0v) is 11.5. The van der Waals surface area contributed by atoms with Crippen molar-refractivity contribution in [3.05, 3.63) is 57.8 Å². The lowest BCUT2D eigenvalue weighted by atomic mass is 10.1. The summed E-state index contributed by atoms with van der Waals surface area (Å²) in [5, 5.41) is 0. The van der Waals surface area contributed by atoms with E-state index in [9.17, 15) is 4.39 Å². The summed E-state index contributed by atoms with van der Waals surface area (Å²) in [6.45, 7) is 2.38. The molecular weight excluding hydrogens is 297 g/mol. The average Bonchev–Trinajstić information content (AvgIpc) is 2.36. The highest BCUT2D eigenvalue weighted by molar-refractivity contribution is 9.10. The Labute approximate surface area is 114 Å². The molecule has 2 aromatic carbocycles. The van der Waals surface area contributed by atoms with Crippen molar-refractivity contribution < 1.29 is 9.13 Å². The number of halogens is 2. The molecule has 0 fully saturated rings. The minimum atomic E-state index is -0.333. The first-order valence-electron chi connectivity index (χ1n) is 5.52. The Morgan fingerprint density at radius 1 is 1.17 bits per heavy atom. The lowest BCUT2D eigenvalue weighted by Crippen LogP contribution is -1.97. The van der Waals surface area contributed by atoms with E-state index in [1.165, 1.54) is 12.1 Å². The number of ether oxygens (including phenoxy) is 1. The van der Waals surface area contributed by atoms with E-state index in [0.717, 1.165) is 11.1 Å². The summed E-state index contributed by atoms with van der Waals surface area (Å²) >= 11 is 3.33. The highest BCUT2D eigenvalue weighted by Gasteiger charge is 2.07. The molecule has 2 aromatic rings. The molecule has 0 bridgehead atoms. The van der Waals surface area contributed by atoms with E-state index in [0.29, 0.717) is 22.5 Å². The van der Waals surface area contributed by atoms with Gasteiger partial charge in [-0.2, -0.15) is 0 Å². The SMILES string of the molecule is Cc1ccc(CN)cc1Oc1cc(F)ccc1Br. The molecule has 2 rings (SSSR count). The summed E-state index contributed by atoms with van der Waals surface area (Å²) in [6, 6.07) is 10.1. The monoisotopic (exact) mass is 309 g/mol. The van der Waals surface area contributed by atoms with E-state index < -0.39 is 0 Å². The first-order chi connectivity index (χ1) is 8.60. The molecule has 0 aliphatic carbocycles. The Balaban J connectivity index is 2.36. The predicted octanol–water partition coefficient (Wildman–Crippen LogP) is 4.15. The fourth-order valence-corrected chi connectivity index (χ4v) is 1.88. The van der Waals surface area contributed by atoms with E-state index in [1.807, 2.05) is 25.1 Å². The molecule has 0 amide bonds.